The summed E-state index contributed by atoms with van der Waals surface area (Å²) in [6.45, 7) is 5.79. The maximum atomic E-state index is 4.54. The van der Waals surface area contributed by atoms with Gasteiger partial charge in [-0.3, -0.25) is 4.90 Å². The first-order valence-corrected chi connectivity index (χ1v) is 8.38. The van der Waals surface area contributed by atoms with Crippen molar-refractivity contribution in [3.63, 3.8) is 0 Å². The lowest BCUT2D eigenvalue weighted by Crippen LogP contribution is -2.33. The third-order valence-electron chi connectivity index (χ3n) is 4.97. The van der Waals surface area contributed by atoms with Crippen LogP contribution < -0.4 is 5.32 Å². The van der Waals surface area contributed by atoms with Crippen molar-refractivity contribution in [2.75, 3.05) is 18.4 Å². The van der Waals surface area contributed by atoms with Crippen LogP contribution in [0.25, 0.3) is 0 Å². The Labute approximate surface area is 122 Å². The van der Waals surface area contributed by atoms with Crippen LogP contribution >= 0.6 is 0 Å². The number of imidazole rings is 1. The molecular weight excluding hydrogens is 248 g/mol. The van der Waals surface area contributed by atoms with Crippen LogP contribution in [-0.2, 0) is 6.54 Å². The maximum absolute atomic E-state index is 4.54. The summed E-state index contributed by atoms with van der Waals surface area (Å²) in [5, 5.41) is 3.67. The van der Waals surface area contributed by atoms with Crippen molar-refractivity contribution < 1.29 is 0 Å². The van der Waals surface area contributed by atoms with E-state index in [1.54, 1.807) is 0 Å². The van der Waals surface area contributed by atoms with Crippen molar-refractivity contribution in [3.8, 4) is 0 Å². The van der Waals surface area contributed by atoms with Crippen molar-refractivity contribution in [3.05, 3.63) is 12.4 Å². The van der Waals surface area contributed by atoms with Gasteiger partial charge in [-0.2, -0.15) is 0 Å². The van der Waals surface area contributed by atoms with Crippen molar-refractivity contribution in [2.24, 2.45) is 0 Å². The van der Waals surface area contributed by atoms with Gasteiger partial charge in [-0.15, -0.1) is 0 Å². The van der Waals surface area contributed by atoms with Gasteiger partial charge in [0, 0.05) is 31.0 Å². The summed E-state index contributed by atoms with van der Waals surface area (Å²) in [7, 11) is 0. The number of likely N-dealkylation sites (N-methyl/N-ethyl adjacent to an activating group) is 1. The van der Waals surface area contributed by atoms with E-state index in [1.165, 1.54) is 58.0 Å². The molecule has 4 nitrogen and oxygen atoms in total. The fraction of sp³-hybridized carbons (Fsp3) is 0.812. The second-order valence-electron chi connectivity index (χ2n) is 6.31. The average Bonchev–Trinajstić information content (AvgIpc) is 3.10. The number of anilines is 1. The smallest absolute Gasteiger partial charge is 0.203 e. The molecule has 20 heavy (non-hydrogen) atoms. The predicted octanol–water partition coefficient (Wildman–Crippen LogP) is 3.11. The van der Waals surface area contributed by atoms with Crippen LogP contribution in [0.15, 0.2) is 12.4 Å². The minimum absolute atomic E-state index is 0.635. The Morgan fingerprint density at radius 1 is 1.20 bits per heavy atom. The SMILES string of the molecule is CCN1CCCC1Cn1ccnc1NC1CCCCC1. The summed E-state index contributed by atoms with van der Waals surface area (Å²) in [5.74, 6) is 1.08. The molecule has 0 bridgehead atoms. The fourth-order valence-electron chi connectivity index (χ4n) is 3.77. The summed E-state index contributed by atoms with van der Waals surface area (Å²) in [6.07, 6.45) is 13.5. The topological polar surface area (TPSA) is 33.1 Å². The Bertz CT molecular complexity index is 408. The molecule has 3 rings (SSSR count). The van der Waals surface area contributed by atoms with Crippen LogP contribution in [0.5, 0.6) is 0 Å². The molecule has 1 aromatic rings. The molecule has 2 fully saturated rings. The minimum Gasteiger partial charge on any atom is -0.353 e. The summed E-state index contributed by atoms with van der Waals surface area (Å²) < 4.78 is 2.33. The molecule has 1 saturated carbocycles. The first kappa shape index (κ1) is 13.9. The first-order chi connectivity index (χ1) is 9.86. The van der Waals surface area contributed by atoms with Crippen LogP contribution in [-0.4, -0.2) is 39.6 Å². The van der Waals surface area contributed by atoms with Crippen LogP contribution in [0.1, 0.15) is 51.9 Å². The molecule has 4 heteroatoms. The molecule has 2 heterocycles. The zero-order chi connectivity index (χ0) is 13.8. The molecule has 0 spiro atoms. The third kappa shape index (κ3) is 3.17. The lowest BCUT2D eigenvalue weighted by molar-refractivity contribution is 0.245. The van der Waals surface area contributed by atoms with E-state index in [0.29, 0.717) is 12.1 Å². The van der Waals surface area contributed by atoms with Gasteiger partial charge in [0.15, 0.2) is 0 Å². The van der Waals surface area contributed by atoms with Crippen LogP contribution in [0, 0.1) is 0 Å². The van der Waals surface area contributed by atoms with E-state index in [0.717, 1.165) is 12.5 Å². The molecule has 1 unspecified atom stereocenters. The van der Waals surface area contributed by atoms with Crippen molar-refractivity contribution in [2.45, 2.75) is 70.5 Å². The largest absolute Gasteiger partial charge is 0.353 e. The predicted molar refractivity (Wildman–Crippen MR) is 83.0 cm³/mol. The molecule has 2 aliphatic rings. The number of rotatable bonds is 5. The van der Waals surface area contributed by atoms with Gasteiger partial charge in [0.05, 0.1) is 0 Å². The zero-order valence-corrected chi connectivity index (χ0v) is 12.7. The molecule has 1 saturated heterocycles. The number of hydrogen-bond acceptors (Lipinski definition) is 3. The highest BCUT2D eigenvalue weighted by atomic mass is 15.2. The monoisotopic (exact) mass is 276 g/mol. The van der Waals surface area contributed by atoms with Gasteiger partial charge in [-0.25, -0.2) is 4.98 Å². The quantitative estimate of drug-likeness (QED) is 0.897. The Morgan fingerprint density at radius 2 is 2.05 bits per heavy atom. The van der Waals surface area contributed by atoms with Crippen molar-refractivity contribution in [1.29, 1.82) is 0 Å². The van der Waals surface area contributed by atoms with Gasteiger partial charge in [0.25, 0.3) is 0 Å². The first-order valence-electron chi connectivity index (χ1n) is 8.38. The lowest BCUT2D eigenvalue weighted by Gasteiger charge is -2.26. The number of hydrogen-bond donors (Lipinski definition) is 1. The second-order valence-corrected chi connectivity index (χ2v) is 6.31. The second kappa shape index (κ2) is 6.61. The molecular formula is C16H28N4. The van der Waals surface area contributed by atoms with E-state index in [1.807, 2.05) is 6.20 Å². The van der Waals surface area contributed by atoms with E-state index < -0.39 is 0 Å². The summed E-state index contributed by atoms with van der Waals surface area (Å²) in [5.41, 5.74) is 0. The van der Waals surface area contributed by atoms with E-state index in [4.69, 9.17) is 0 Å². The maximum Gasteiger partial charge on any atom is 0.203 e. The van der Waals surface area contributed by atoms with Gasteiger partial charge in [-0.05, 0) is 38.8 Å². The number of likely N-dealkylation sites (tertiary alicyclic amines) is 1. The highest BCUT2D eigenvalue weighted by Gasteiger charge is 2.24. The lowest BCUT2D eigenvalue weighted by atomic mass is 9.96. The molecule has 1 aromatic heterocycles. The molecule has 112 valence electrons. The zero-order valence-electron chi connectivity index (χ0n) is 12.7. The van der Waals surface area contributed by atoms with E-state index in [9.17, 15) is 0 Å². The Morgan fingerprint density at radius 3 is 2.85 bits per heavy atom. The summed E-state index contributed by atoms with van der Waals surface area (Å²) >= 11 is 0. The Balaban J connectivity index is 1.61. The highest BCUT2D eigenvalue weighted by molar-refractivity contribution is 5.28. The third-order valence-corrected chi connectivity index (χ3v) is 4.97. The Hall–Kier alpha value is -1.03. The van der Waals surface area contributed by atoms with Crippen molar-refractivity contribution in [1.82, 2.24) is 14.5 Å². The molecule has 0 radical (unpaired) electrons. The van der Waals surface area contributed by atoms with Gasteiger partial charge >= 0.3 is 0 Å². The Kier molecular flexibility index (Phi) is 4.61. The summed E-state index contributed by atoms with van der Waals surface area (Å²) in [6, 6.07) is 1.33. The molecule has 0 amide bonds. The number of aromatic nitrogens is 2. The van der Waals surface area contributed by atoms with Crippen LogP contribution in [0.4, 0.5) is 5.95 Å². The molecule has 1 atom stereocenters. The van der Waals surface area contributed by atoms with Gasteiger partial charge in [-0.1, -0.05) is 26.2 Å². The summed E-state index contributed by atoms with van der Waals surface area (Å²) in [4.78, 5) is 7.14. The van der Waals surface area contributed by atoms with Gasteiger partial charge in [0.2, 0.25) is 5.95 Å². The normalized spacial score (nSPS) is 25.1. The molecule has 0 aromatic carbocycles. The number of nitrogens with one attached hydrogen (secondary N) is 1. The molecule has 1 N–H and O–H groups in total. The average molecular weight is 276 g/mol. The minimum atomic E-state index is 0.635. The van der Waals surface area contributed by atoms with Gasteiger partial charge < -0.3 is 9.88 Å². The van der Waals surface area contributed by atoms with Crippen molar-refractivity contribution >= 4 is 5.95 Å². The van der Waals surface area contributed by atoms with E-state index >= 15 is 0 Å². The van der Waals surface area contributed by atoms with Gasteiger partial charge in [0.1, 0.15) is 0 Å². The van der Waals surface area contributed by atoms with E-state index in [-0.39, 0.29) is 0 Å². The van der Waals surface area contributed by atoms with Crippen LogP contribution in [0.2, 0.25) is 0 Å². The van der Waals surface area contributed by atoms with Crippen LogP contribution in [0.3, 0.4) is 0 Å². The number of nitrogens with zero attached hydrogens (tertiary/aromatic N) is 3. The highest BCUT2D eigenvalue weighted by Crippen LogP contribution is 2.23. The molecule has 1 aliphatic heterocycles. The molecule has 1 aliphatic carbocycles. The standard InChI is InChI=1S/C16H28N4/c1-2-19-11-6-9-15(19)13-20-12-10-17-16(20)18-14-7-4-3-5-8-14/h10,12,14-15H,2-9,11,13H2,1H3,(H,17,18). The van der Waals surface area contributed by atoms with E-state index in [2.05, 4.69) is 32.9 Å². The fourth-order valence-corrected chi connectivity index (χ4v) is 3.77.